The van der Waals surface area contributed by atoms with Crippen LogP contribution < -0.4 is 0 Å². The number of rotatable bonds is 8. The normalized spacial score (nSPS) is 40.3. The van der Waals surface area contributed by atoms with E-state index in [0.29, 0.717) is 0 Å². The largest absolute Gasteiger partial charge is 0.291 e. The van der Waals surface area contributed by atoms with E-state index >= 15 is 0 Å². The van der Waals surface area contributed by atoms with Crippen LogP contribution in [0.3, 0.4) is 0 Å². The van der Waals surface area contributed by atoms with Gasteiger partial charge in [0.2, 0.25) is 0 Å². The lowest BCUT2D eigenvalue weighted by Gasteiger charge is -2.44. The lowest BCUT2D eigenvalue weighted by molar-refractivity contribution is 0.432. The number of hydrogen-bond acceptors (Lipinski definition) is 1. The standard InChI is InChI=1S/C22H38OS2/c1-24(2,11-9-21-15-17-5-7-19(21)13-17)23-25(3,4)12-10-22-16-18-6-8-20(22)14-18/h5-8,17-22H,9-16H2,1-4H3. The highest BCUT2D eigenvalue weighted by atomic mass is 32.3. The van der Waals surface area contributed by atoms with E-state index in [1.807, 2.05) is 0 Å². The molecule has 4 aliphatic rings. The molecule has 0 heterocycles. The summed E-state index contributed by atoms with van der Waals surface area (Å²) >= 11 is 0. The second kappa shape index (κ2) is 6.95. The maximum atomic E-state index is 6.84. The van der Waals surface area contributed by atoms with E-state index in [-0.39, 0.29) is 0 Å². The lowest BCUT2D eigenvalue weighted by Crippen LogP contribution is -2.18. The minimum Gasteiger partial charge on any atom is -0.291 e. The molecule has 0 spiro atoms. The molecule has 0 aliphatic heterocycles. The van der Waals surface area contributed by atoms with E-state index in [2.05, 4.69) is 49.3 Å². The van der Waals surface area contributed by atoms with E-state index in [1.165, 1.54) is 50.0 Å². The van der Waals surface area contributed by atoms with Crippen LogP contribution in [0.5, 0.6) is 0 Å². The minimum atomic E-state index is -0.901. The third kappa shape index (κ3) is 4.35. The van der Waals surface area contributed by atoms with Gasteiger partial charge in [-0.1, -0.05) is 24.3 Å². The lowest BCUT2D eigenvalue weighted by atomic mass is 9.91. The molecule has 6 atom stereocenters. The molecule has 144 valence electrons. The van der Waals surface area contributed by atoms with Gasteiger partial charge in [-0.05, 0) is 111 Å². The van der Waals surface area contributed by atoms with Gasteiger partial charge in [0.05, 0.1) is 0 Å². The maximum Gasteiger partial charge on any atom is -0.000175 e. The van der Waals surface area contributed by atoms with Gasteiger partial charge in [-0.15, -0.1) is 20.6 Å². The van der Waals surface area contributed by atoms with Crippen molar-refractivity contribution in [2.75, 3.05) is 36.5 Å². The second-order valence-corrected chi connectivity index (χ2v) is 17.1. The fraction of sp³-hybridized carbons (Fsp3) is 0.818. The quantitative estimate of drug-likeness (QED) is 0.456. The summed E-state index contributed by atoms with van der Waals surface area (Å²) in [6.07, 6.45) is 28.2. The summed E-state index contributed by atoms with van der Waals surface area (Å²) in [7, 11) is -1.80. The average molecular weight is 383 g/mol. The third-order valence-electron chi connectivity index (χ3n) is 7.16. The van der Waals surface area contributed by atoms with Crippen LogP contribution in [-0.2, 0) is 3.63 Å². The van der Waals surface area contributed by atoms with E-state index in [1.54, 1.807) is 0 Å². The first kappa shape index (κ1) is 18.5. The fourth-order valence-electron chi connectivity index (χ4n) is 5.89. The zero-order valence-electron chi connectivity index (χ0n) is 16.7. The van der Waals surface area contributed by atoms with Crippen LogP contribution in [0.25, 0.3) is 0 Å². The van der Waals surface area contributed by atoms with Gasteiger partial charge in [-0.3, -0.25) is 3.63 Å². The maximum absolute atomic E-state index is 6.84. The average Bonchev–Trinajstić information content (AvgIpc) is 3.30. The number of allylic oxidation sites excluding steroid dienone is 4. The molecule has 4 aliphatic carbocycles. The highest BCUT2D eigenvalue weighted by Crippen LogP contribution is 2.60. The van der Waals surface area contributed by atoms with E-state index in [9.17, 15) is 0 Å². The van der Waals surface area contributed by atoms with Crippen LogP contribution >= 0.6 is 20.6 Å². The van der Waals surface area contributed by atoms with Crippen molar-refractivity contribution >= 4 is 20.6 Å². The smallest absolute Gasteiger partial charge is 0.000175 e. The Labute approximate surface area is 159 Å². The van der Waals surface area contributed by atoms with Crippen molar-refractivity contribution in [2.24, 2.45) is 35.5 Å². The van der Waals surface area contributed by atoms with Gasteiger partial charge < -0.3 is 0 Å². The Morgan fingerprint density at radius 1 is 0.680 bits per heavy atom. The monoisotopic (exact) mass is 382 g/mol. The first-order valence-electron chi connectivity index (χ1n) is 10.3. The van der Waals surface area contributed by atoms with Gasteiger partial charge >= 0.3 is 0 Å². The SMILES string of the molecule is CS(C)(CCC1CC2C=CC1C2)OS(C)(C)CCC1CC2C=CC1C2. The third-order valence-corrected chi connectivity index (χ3v) is 12.5. The van der Waals surface area contributed by atoms with Gasteiger partial charge in [0.1, 0.15) is 0 Å². The van der Waals surface area contributed by atoms with Crippen molar-refractivity contribution in [2.45, 2.75) is 38.5 Å². The van der Waals surface area contributed by atoms with Crippen LogP contribution in [0.4, 0.5) is 0 Å². The van der Waals surface area contributed by atoms with Crippen molar-refractivity contribution in [3.8, 4) is 0 Å². The molecule has 6 unspecified atom stereocenters. The summed E-state index contributed by atoms with van der Waals surface area (Å²) in [4.78, 5) is 0. The molecule has 25 heavy (non-hydrogen) atoms. The molecule has 0 saturated heterocycles. The van der Waals surface area contributed by atoms with Crippen LogP contribution in [0.1, 0.15) is 38.5 Å². The molecule has 0 aromatic rings. The summed E-state index contributed by atoms with van der Waals surface area (Å²) in [5.41, 5.74) is 0. The van der Waals surface area contributed by atoms with Crippen molar-refractivity contribution in [3.63, 3.8) is 0 Å². The molecular formula is C22H38OS2. The van der Waals surface area contributed by atoms with Gasteiger partial charge in [0.15, 0.2) is 0 Å². The van der Waals surface area contributed by atoms with Crippen LogP contribution in [-0.4, -0.2) is 36.5 Å². The van der Waals surface area contributed by atoms with Gasteiger partial charge in [-0.25, -0.2) is 0 Å². The van der Waals surface area contributed by atoms with E-state index in [0.717, 1.165) is 35.5 Å². The molecule has 3 heteroatoms. The highest BCUT2D eigenvalue weighted by Gasteiger charge is 2.37. The topological polar surface area (TPSA) is 9.23 Å². The van der Waals surface area contributed by atoms with Crippen molar-refractivity contribution in [3.05, 3.63) is 24.3 Å². The van der Waals surface area contributed by atoms with Crippen LogP contribution in [0, 0.1) is 35.5 Å². The Balaban J connectivity index is 1.23. The molecule has 0 N–H and O–H groups in total. The fourth-order valence-corrected chi connectivity index (χ4v) is 12.2. The van der Waals surface area contributed by atoms with E-state index in [4.69, 9.17) is 3.63 Å². The molecule has 0 aromatic carbocycles. The zero-order valence-corrected chi connectivity index (χ0v) is 18.3. The molecule has 1 nitrogen and oxygen atoms in total. The van der Waals surface area contributed by atoms with Crippen molar-refractivity contribution < 1.29 is 3.63 Å². The van der Waals surface area contributed by atoms with Crippen molar-refractivity contribution in [1.82, 2.24) is 0 Å². The molecule has 0 radical (unpaired) electrons. The second-order valence-electron chi connectivity index (χ2n) is 10.0. The number of hydrogen-bond donors (Lipinski definition) is 0. The first-order valence-corrected chi connectivity index (χ1v) is 15.4. The summed E-state index contributed by atoms with van der Waals surface area (Å²) in [5.74, 6) is 8.12. The zero-order chi connectivity index (χ0) is 17.7. The van der Waals surface area contributed by atoms with Crippen LogP contribution in [0.15, 0.2) is 24.3 Å². The molecule has 0 aromatic heterocycles. The van der Waals surface area contributed by atoms with Crippen molar-refractivity contribution in [1.29, 1.82) is 0 Å². The summed E-state index contributed by atoms with van der Waals surface area (Å²) < 4.78 is 6.84. The molecule has 4 rings (SSSR count). The predicted molar refractivity (Wildman–Crippen MR) is 117 cm³/mol. The highest BCUT2D eigenvalue weighted by molar-refractivity contribution is 8.40. The minimum absolute atomic E-state index is 0.895. The van der Waals surface area contributed by atoms with Gasteiger partial charge in [0, 0.05) is 0 Å². The van der Waals surface area contributed by atoms with Gasteiger partial charge in [0.25, 0.3) is 0 Å². The summed E-state index contributed by atoms with van der Waals surface area (Å²) in [5, 5.41) is 0. The Bertz CT molecular complexity index is 502. The molecule has 4 bridgehead atoms. The van der Waals surface area contributed by atoms with E-state index < -0.39 is 20.6 Å². The molecule has 2 saturated carbocycles. The summed E-state index contributed by atoms with van der Waals surface area (Å²) in [6, 6.07) is 0. The Hall–Kier alpha value is 0.140. The Morgan fingerprint density at radius 3 is 1.44 bits per heavy atom. The Kier molecular flexibility index (Phi) is 5.14. The molecule has 2 fully saturated rings. The summed E-state index contributed by atoms with van der Waals surface area (Å²) in [6.45, 7) is 0. The molecular weight excluding hydrogens is 344 g/mol. The Morgan fingerprint density at radius 2 is 1.12 bits per heavy atom. The first-order chi connectivity index (χ1) is 11.8. The van der Waals surface area contributed by atoms with Gasteiger partial charge in [-0.2, -0.15) is 0 Å². The van der Waals surface area contributed by atoms with Crippen LogP contribution in [0.2, 0.25) is 0 Å². The predicted octanol–water partition coefficient (Wildman–Crippen LogP) is 6.17. The number of fused-ring (bicyclic) bond motifs is 4. The molecule has 0 amide bonds.